The number of para-hydroxylation sites is 1. The van der Waals surface area contributed by atoms with Gasteiger partial charge in [-0.05, 0) is 17.5 Å². The SMILES string of the molecule is CC(C)c1ccccc1N(CC#N)C(=O)CCl. The van der Waals surface area contributed by atoms with Crippen LogP contribution in [0.5, 0.6) is 0 Å². The molecule has 1 amide bonds. The van der Waals surface area contributed by atoms with Crippen molar-refractivity contribution in [1.29, 1.82) is 5.26 Å². The Morgan fingerprint density at radius 2 is 2.12 bits per heavy atom. The number of hydrogen-bond acceptors (Lipinski definition) is 2. The predicted molar refractivity (Wildman–Crippen MR) is 69.2 cm³/mol. The van der Waals surface area contributed by atoms with Gasteiger partial charge in [-0.2, -0.15) is 5.26 Å². The summed E-state index contributed by atoms with van der Waals surface area (Å²) >= 11 is 5.56. The first-order valence-electron chi connectivity index (χ1n) is 5.44. The van der Waals surface area contributed by atoms with E-state index in [0.717, 1.165) is 11.3 Å². The first-order chi connectivity index (χ1) is 8.11. The lowest BCUT2D eigenvalue weighted by Gasteiger charge is -2.23. The molecule has 0 radical (unpaired) electrons. The highest BCUT2D eigenvalue weighted by molar-refractivity contribution is 6.29. The monoisotopic (exact) mass is 250 g/mol. The Hall–Kier alpha value is -1.53. The number of rotatable bonds is 4. The number of nitrogens with zero attached hydrogens (tertiary/aromatic N) is 2. The van der Waals surface area contributed by atoms with Gasteiger partial charge in [0.25, 0.3) is 0 Å². The number of carbonyl (C=O) groups excluding carboxylic acids is 1. The van der Waals surface area contributed by atoms with Crippen LogP contribution in [0.1, 0.15) is 25.3 Å². The lowest BCUT2D eigenvalue weighted by Crippen LogP contribution is -2.33. The first-order valence-corrected chi connectivity index (χ1v) is 5.97. The van der Waals surface area contributed by atoms with E-state index in [9.17, 15) is 4.79 Å². The standard InChI is InChI=1S/C13H15ClN2O/c1-10(2)11-5-3-4-6-12(11)16(8-7-15)13(17)9-14/h3-6,10H,8-9H2,1-2H3. The van der Waals surface area contributed by atoms with Gasteiger partial charge in [-0.25, -0.2) is 0 Å². The van der Waals surface area contributed by atoms with E-state index in [4.69, 9.17) is 16.9 Å². The maximum Gasteiger partial charge on any atom is 0.242 e. The Bertz CT molecular complexity index is 437. The highest BCUT2D eigenvalue weighted by Gasteiger charge is 2.18. The molecule has 0 aliphatic heterocycles. The van der Waals surface area contributed by atoms with E-state index < -0.39 is 0 Å². The minimum atomic E-state index is -0.249. The van der Waals surface area contributed by atoms with Gasteiger partial charge < -0.3 is 0 Å². The summed E-state index contributed by atoms with van der Waals surface area (Å²) in [5.41, 5.74) is 1.82. The van der Waals surface area contributed by atoms with Crippen LogP contribution >= 0.6 is 11.6 Å². The zero-order valence-electron chi connectivity index (χ0n) is 9.98. The summed E-state index contributed by atoms with van der Waals surface area (Å²) in [6.07, 6.45) is 0. The van der Waals surface area contributed by atoms with Crippen LogP contribution in [0, 0.1) is 11.3 Å². The van der Waals surface area contributed by atoms with E-state index in [1.165, 1.54) is 4.90 Å². The summed E-state index contributed by atoms with van der Waals surface area (Å²) in [7, 11) is 0. The van der Waals surface area contributed by atoms with Gasteiger partial charge >= 0.3 is 0 Å². The van der Waals surface area contributed by atoms with Crippen LogP contribution in [0.3, 0.4) is 0 Å². The van der Waals surface area contributed by atoms with Crippen LogP contribution in [-0.2, 0) is 4.79 Å². The first kappa shape index (κ1) is 13.5. The Morgan fingerprint density at radius 3 is 2.65 bits per heavy atom. The van der Waals surface area contributed by atoms with Crippen molar-refractivity contribution in [3.63, 3.8) is 0 Å². The van der Waals surface area contributed by atoms with Crippen molar-refractivity contribution in [3.8, 4) is 6.07 Å². The molecule has 0 N–H and O–H groups in total. The van der Waals surface area contributed by atoms with Gasteiger partial charge in [-0.3, -0.25) is 9.69 Å². The van der Waals surface area contributed by atoms with Crippen LogP contribution in [0.15, 0.2) is 24.3 Å². The van der Waals surface area contributed by atoms with Crippen LogP contribution < -0.4 is 4.90 Å². The molecule has 17 heavy (non-hydrogen) atoms. The molecule has 0 saturated carbocycles. The summed E-state index contributed by atoms with van der Waals surface area (Å²) in [5, 5.41) is 8.78. The number of benzene rings is 1. The van der Waals surface area contributed by atoms with E-state index >= 15 is 0 Å². The highest BCUT2D eigenvalue weighted by atomic mass is 35.5. The molecule has 0 atom stereocenters. The summed E-state index contributed by atoms with van der Waals surface area (Å²) in [6, 6.07) is 9.58. The molecule has 0 saturated heterocycles. The Labute approximate surface area is 107 Å². The summed E-state index contributed by atoms with van der Waals surface area (Å²) < 4.78 is 0. The fraction of sp³-hybridized carbons (Fsp3) is 0.385. The maximum absolute atomic E-state index is 11.7. The van der Waals surface area contributed by atoms with Crippen molar-refractivity contribution in [2.75, 3.05) is 17.3 Å². The molecule has 90 valence electrons. The molecule has 0 heterocycles. The minimum Gasteiger partial charge on any atom is -0.297 e. The van der Waals surface area contributed by atoms with Crippen molar-refractivity contribution in [2.45, 2.75) is 19.8 Å². The predicted octanol–water partition coefficient (Wildman–Crippen LogP) is 2.91. The number of carbonyl (C=O) groups is 1. The van der Waals surface area contributed by atoms with E-state index in [0.29, 0.717) is 0 Å². The molecule has 4 heteroatoms. The second-order valence-corrected chi connectivity index (χ2v) is 4.25. The number of halogens is 1. The third-order valence-corrected chi connectivity index (χ3v) is 2.72. The quantitative estimate of drug-likeness (QED) is 0.609. The Balaban J connectivity index is 3.19. The van der Waals surface area contributed by atoms with Crippen molar-refractivity contribution >= 4 is 23.2 Å². The van der Waals surface area contributed by atoms with Crippen LogP contribution in [0.2, 0.25) is 0 Å². The lowest BCUT2D eigenvalue weighted by atomic mass is 10.0. The fourth-order valence-electron chi connectivity index (χ4n) is 1.67. The summed E-state index contributed by atoms with van der Waals surface area (Å²) in [5.74, 6) is -0.0782. The highest BCUT2D eigenvalue weighted by Crippen LogP contribution is 2.27. The van der Waals surface area contributed by atoms with Crippen LogP contribution in [-0.4, -0.2) is 18.3 Å². The third-order valence-electron chi connectivity index (χ3n) is 2.49. The number of hydrogen-bond donors (Lipinski definition) is 0. The van der Waals surface area contributed by atoms with Crippen molar-refractivity contribution in [1.82, 2.24) is 0 Å². The topological polar surface area (TPSA) is 44.1 Å². The second kappa shape index (κ2) is 6.27. The van der Waals surface area contributed by atoms with Gasteiger partial charge in [0.1, 0.15) is 12.4 Å². The van der Waals surface area contributed by atoms with Crippen molar-refractivity contribution < 1.29 is 4.79 Å². The molecule has 1 rings (SSSR count). The maximum atomic E-state index is 11.7. The summed E-state index contributed by atoms with van der Waals surface area (Å²) in [6.45, 7) is 4.12. The molecule has 0 aliphatic carbocycles. The van der Waals surface area contributed by atoms with Gasteiger partial charge in [0.15, 0.2) is 0 Å². The van der Waals surface area contributed by atoms with Gasteiger partial charge in [-0.15, -0.1) is 11.6 Å². The van der Waals surface area contributed by atoms with Crippen LogP contribution in [0.25, 0.3) is 0 Å². The van der Waals surface area contributed by atoms with E-state index in [-0.39, 0.29) is 24.2 Å². The number of amides is 1. The number of alkyl halides is 1. The average Bonchev–Trinajstić information content (AvgIpc) is 2.35. The molecule has 3 nitrogen and oxygen atoms in total. The zero-order valence-corrected chi connectivity index (χ0v) is 10.7. The van der Waals surface area contributed by atoms with Crippen LogP contribution in [0.4, 0.5) is 5.69 Å². The number of anilines is 1. The molecule has 0 unspecified atom stereocenters. The average molecular weight is 251 g/mol. The van der Waals surface area contributed by atoms with Gasteiger partial charge in [-0.1, -0.05) is 32.0 Å². The van der Waals surface area contributed by atoms with E-state index in [1.807, 2.05) is 30.3 Å². The third kappa shape index (κ3) is 3.21. The Kier molecular flexibility index (Phi) is 4.99. The van der Waals surface area contributed by atoms with Crippen molar-refractivity contribution in [2.24, 2.45) is 0 Å². The second-order valence-electron chi connectivity index (χ2n) is 3.99. The van der Waals surface area contributed by atoms with E-state index in [2.05, 4.69) is 13.8 Å². The molecule has 0 spiro atoms. The van der Waals surface area contributed by atoms with Gasteiger partial charge in [0.05, 0.1) is 6.07 Å². The minimum absolute atomic E-state index is 0.0231. The largest absolute Gasteiger partial charge is 0.297 e. The molecule has 0 aliphatic rings. The molecule has 0 fully saturated rings. The van der Waals surface area contributed by atoms with Gasteiger partial charge in [0, 0.05) is 5.69 Å². The number of nitriles is 1. The molecular weight excluding hydrogens is 236 g/mol. The normalized spacial score (nSPS) is 10.1. The van der Waals surface area contributed by atoms with Crippen molar-refractivity contribution in [3.05, 3.63) is 29.8 Å². The molecule has 0 aromatic heterocycles. The Morgan fingerprint density at radius 1 is 1.47 bits per heavy atom. The fourth-order valence-corrected chi connectivity index (χ4v) is 1.82. The zero-order chi connectivity index (χ0) is 12.8. The smallest absolute Gasteiger partial charge is 0.242 e. The molecule has 1 aromatic rings. The summed E-state index contributed by atoms with van der Waals surface area (Å²) in [4.78, 5) is 13.2. The van der Waals surface area contributed by atoms with E-state index in [1.54, 1.807) is 0 Å². The van der Waals surface area contributed by atoms with Gasteiger partial charge in [0.2, 0.25) is 5.91 Å². The molecule has 1 aromatic carbocycles. The molecular formula is C13H15ClN2O. The lowest BCUT2D eigenvalue weighted by molar-refractivity contribution is -0.116. The molecule has 0 bridgehead atoms.